The standard InChI is InChI=1S/C12H20F3N5O/c1-11(16,8-21)3-2-4-19-5-6-20-9(7-19)17-18-10(20)12(13,14)15/h21H,2-8,16H2,1H3. The Morgan fingerprint density at radius 1 is 1.29 bits per heavy atom. The number of hydrogen-bond acceptors (Lipinski definition) is 5. The molecule has 1 aromatic rings. The first-order valence-electron chi connectivity index (χ1n) is 6.84. The Labute approximate surface area is 120 Å². The number of nitrogens with two attached hydrogens (primary N) is 1. The molecular formula is C12H20F3N5O. The lowest BCUT2D eigenvalue weighted by Gasteiger charge is -2.29. The molecule has 0 aliphatic carbocycles. The van der Waals surface area contributed by atoms with E-state index in [-0.39, 0.29) is 13.2 Å². The molecule has 0 saturated carbocycles. The predicted molar refractivity (Wildman–Crippen MR) is 69.2 cm³/mol. The van der Waals surface area contributed by atoms with Gasteiger partial charge in [0, 0.05) is 18.6 Å². The van der Waals surface area contributed by atoms with Crippen molar-refractivity contribution >= 4 is 0 Å². The van der Waals surface area contributed by atoms with Crippen LogP contribution in [0.15, 0.2) is 0 Å². The summed E-state index contributed by atoms with van der Waals surface area (Å²) in [5.41, 5.74) is 5.23. The van der Waals surface area contributed by atoms with Crippen molar-refractivity contribution in [2.24, 2.45) is 5.73 Å². The second kappa shape index (κ2) is 5.90. The molecule has 0 amide bonds. The molecule has 21 heavy (non-hydrogen) atoms. The average molecular weight is 307 g/mol. The number of aromatic nitrogens is 3. The molecule has 0 bridgehead atoms. The van der Waals surface area contributed by atoms with E-state index in [1.807, 2.05) is 4.90 Å². The third-order valence-electron chi connectivity index (χ3n) is 3.67. The minimum atomic E-state index is -4.46. The Bertz CT molecular complexity index is 486. The van der Waals surface area contributed by atoms with Crippen molar-refractivity contribution in [2.75, 3.05) is 19.7 Å². The maximum Gasteiger partial charge on any atom is 0.451 e. The summed E-state index contributed by atoms with van der Waals surface area (Å²) in [4.78, 5) is 2.03. The van der Waals surface area contributed by atoms with Crippen molar-refractivity contribution in [3.05, 3.63) is 11.6 Å². The topological polar surface area (TPSA) is 80.2 Å². The summed E-state index contributed by atoms with van der Waals surface area (Å²) in [5.74, 6) is -0.585. The van der Waals surface area contributed by atoms with Crippen molar-refractivity contribution in [1.82, 2.24) is 19.7 Å². The van der Waals surface area contributed by atoms with Gasteiger partial charge in [0.15, 0.2) is 0 Å². The highest BCUT2D eigenvalue weighted by Gasteiger charge is 2.39. The molecule has 0 saturated heterocycles. The summed E-state index contributed by atoms with van der Waals surface area (Å²) in [6.45, 7) is 3.50. The van der Waals surface area contributed by atoms with Gasteiger partial charge in [-0.2, -0.15) is 13.2 Å². The fraction of sp³-hybridized carbons (Fsp3) is 0.833. The predicted octanol–water partition coefficient (Wildman–Crippen LogP) is 0.602. The van der Waals surface area contributed by atoms with Crippen LogP contribution in [0.1, 0.15) is 31.4 Å². The fourth-order valence-corrected chi connectivity index (χ4v) is 2.39. The first kappa shape index (κ1) is 16.2. The number of aliphatic hydroxyl groups excluding tert-OH is 1. The molecule has 2 rings (SSSR count). The van der Waals surface area contributed by atoms with E-state index >= 15 is 0 Å². The molecule has 6 nitrogen and oxygen atoms in total. The smallest absolute Gasteiger partial charge is 0.394 e. The van der Waals surface area contributed by atoms with Gasteiger partial charge in [-0.25, -0.2) is 0 Å². The Balaban J connectivity index is 1.91. The third-order valence-corrected chi connectivity index (χ3v) is 3.67. The molecule has 0 spiro atoms. The maximum absolute atomic E-state index is 12.7. The number of halogens is 3. The maximum atomic E-state index is 12.7. The lowest BCUT2D eigenvalue weighted by Crippen LogP contribution is -2.41. The van der Waals surface area contributed by atoms with E-state index in [4.69, 9.17) is 10.8 Å². The lowest BCUT2D eigenvalue weighted by atomic mass is 9.98. The quantitative estimate of drug-likeness (QED) is 0.833. The molecule has 0 fully saturated rings. The van der Waals surface area contributed by atoms with E-state index in [2.05, 4.69) is 10.2 Å². The van der Waals surface area contributed by atoms with Gasteiger partial charge in [-0.1, -0.05) is 0 Å². The SMILES string of the molecule is CC(N)(CO)CCCN1CCn2c(nnc2C(F)(F)F)C1. The van der Waals surface area contributed by atoms with Gasteiger partial charge in [0.2, 0.25) is 5.82 Å². The molecule has 3 N–H and O–H groups in total. The van der Waals surface area contributed by atoms with Gasteiger partial charge in [-0.05, 0) is 26.3 Å². The summed E-state index contributed by atoms with van der Waals surface area (Å²) < 4.78 is 39.3. The van der Waals surface area contributed by atoms with Gasteiger partial charge < -0.3 is 15.4 Å². The van der Waals surface area contributed by atoms with Crippen molar-refractivity contribution in [3.63, 3.8) is 0 Å². The number of rotatable bonds is 5. The zero-order valence-electron chi connectivity index (χ0n) is 11.9. The second-order valence-electron chi connectivity index (χ2n) is 5.78. The second-order valence-corrected chi connectivity index (χ2v) is 5.78. The highest BCUT2D eigenvalue weighted by molar-refractivity contribution is 5.02. The van der Waals surface area contributed by atoms with Crippen molar-refractivity contribution in [2.45, 2.75) is 44.6 Å². The summed E-state index contributed by atoms with van der Waals surface area (Å²) in [7, 11) is 0. The van der Waals surface area contributed by atoms with E-state index in [1.165, 1.54) is 0 Å². The number of fused-ring (bicyclic) bond motifs is 1. The summed E-state index contributed by atoms with van der Waals surface area (Å²) >= 11 is 0. The summed E-state index contributed by atoms with van der Waals surface area (Å²) in [5, 5.41) is 16.0. The van der Waals surface area contributed by atoms with Gasteiger partial charge in [0.1, 0.15) is 5.82 Å². The van der Waals surface area contributed by atoms with Crippen molar-refractivity contribution in [1.29, 1.82) is 0 Å². The van der Waals surface area contributed by atoms with Gasteiger partial charge in [0.25, 0.3) is 0 Å². The number of hydrogen-bond donors (Lipinski definition) is 2. The van der Waals surface area contributed by atoms with Crippen molar-refractivity contribution in [3.8, 4) is 0 Å². The molecule has 1 aromatic heterocycles. The van der Waals surface area contributed by atoms with Crippen LogP contribution in [0.3, 0.4) is 0 Å². The molecule has 1 atom stereocenters. The van der Waals surface area contributed by atoms with Crippen LogP contribution in [0.2, 0.25) is 0 Å². The number of aliphatic hydroxyl groups is 1. The fourth-order valence-electron chi connectivity index (χ4n) is 2.39. The van der Waals surface area contributed by atoms with Gasteiger partial charge in [-0.15, -0.1) is 10.2 Å². The van der Waals surface area contributed by atoms with Crippen LogP contribution in [0.5, 0.6) is 0 Å². The number of nitrogens with zero attached hydrogens (tertiary/aromatic N) is 4. The Morgan fingerprint density at radius 2 is 2.00 bits per heavy atom. The van der Waals surface area contributed by atoms with E-state index in [0.29, 0.717) is 31.9 Å². The van der Waals surface area contributed by atoms with Gasteiger partial charge in [-0.3, -0.25) is 4.90 Å². The van der Waals surface area contributed by atoms with E-state index < -0.39 is 17.5 Å². The zero-order valence-corrected chi connectivity index (χ0v) is 11.9. The van der Waals surface area contributed by atoms with Gasteiger partial charge >= 0.3 is 6.18 Å². The van der Waals surface area contributed by atoms with Crippen LogP contribution < -0.4 is 5.73 Å². The molecule has 1 unspecified atom stereocenters. The normalized spacial score (nSPS) is 19.3. The van der Waals surface area contributed by atoms with E-state index in [9.17, 15) is 13.2 Å². The van der Waals surface area contributed by atoms with Crippen LogP contribution in [-0.4, -0.2) is 50.0 Å². The van der Waals surface area contributed by atoms with E-state index in [1.54, 1.807) is 6.92 Å². The molecule has 0 radical (unpaired) electrons. The summed E-state index contributed by atoms with van der Waals surface area (Å²) in [6, 6.07) is 0. The summed E-state index contributed by atoms with van der Waals surface area (Å²) in [6.07, 6.45) is -3.04. The first-order valence-corrected chi connectivity index (χ1v) is 6.84. The van der Waals surface area contributed by atoms with Crippen LogP contribution in [0.4, 0.5) is 13.2 Å². The average Bonchev–Trinajstić information content (AvgIpc) is 2.81. The van der Waals surface area contributed by atoms with E-state index in [0.717, 1.165) is 11.0 Å². The van der Waals surface area contributed by atoms with Crippen molar-refractivity contribution < 1.29 is 18.3 Å². The molecule has 1 aliphatic heterocycles. The lowest BCUT2D eigenvalue weighted by molar-refractivity contribution is -0.148. The first-order chi connectivity index (χ1) is 9.73. The molecule has 2 heterocycles. The van der Waals surface area contributed by atoms with Crippen LogP contribution in [-0.2, 0) is 19.3 Å². The molecule has 120 valence electrons. The molecule has 9 heteroatoms. The monoisotopic (exact) mass is 307 g/mol. The van der Waals surface area contributed by atoms with Crippen LogP contribution in [0.25, 0.3) is 0 Å². The minimum absolute atomic E-state index is 0.0870. The largest absolute Gasteiger partial charge is 0.451 e. The molecule has 0 aromatic carbocycles. The Kier molecular flexibility index (Phi) is 4.54. The minimum Gasteiger partial charge on any atom is -0.394 e. The van der Waals surface area contributed by atoms with Crippen LogP contribution >= 0.6 is 0 Å². The highest BCUT2D eigenvalue weighted by Crippen LogP contribution is 2.29. The van der Waals surface area contributed by atoms with Gasteiger partial charge in [0.05, 0.1) is 13.2 Å². The third kappa shape index (κ3) is 3.92. The Morgan fingerprint density at radius 3 is 2.62 bits per heavy atom. The zero-order chi connectivity index (χ0) is 15.7. The number of alkyl halides is 3. The Hall–Kier alpha value is -1.19. The highest BCUT2D eigenvalue weighted by atomic mass is 19.4. The molecule has 1 aliphatic rings. The van der Waals surface area contributed by atoms with Crippen LogP contribution in [0, 0.1) is 0 Å². The molecular weight excluding hydrogens is 287 g/mol.